The number of rotatable bonds is 5. The number of nitrogens with one attached hydrogen (secondary N) is 1. The molecule has 4 nitrogen and oxygen atoms in total. The van der Waals surface area contributed by atoms with E-state index in [1.54, 1.807) is 17.2 Å². The molecule has 0 rings (SSSR count). The van der Waals surface area contributed by atoms with Crippen LogP contribution in [0, 0.1) is 0 Å². The monoisotopic (exact) mass is 207 g/mol. The molecule has 0 aromatic heterocycles. The van der Waals surface area contributed by atoms with Crippen LogP contribution in [-0.2, 0) is 4.79 Å². The van der Waals surface area contributed by atoms with E-state index in [9.17, 15) is 4.79 Å². The number of carboxylic acid groups (broad SMARTS) is 1. The van der Waals surface area contributed by atoms with Crippen LogP contribution in [0.4, 0.5) is 0 Å². The zero-order valence-corrected chi connectivity index (χ0v) is 6.52. The summed E-state index contributed by atoms with van der Waals surface area (Å²) in [5.41, 5.74) is 1.72. The Kier molecular flexibility index (Phi) is 12.0. The van der Waals surface area contributed by atoms with Crippen molar-refractivity contribution in [2.24, 2.45) is 0 Å². The molecule has 3 N–H and O–H groups in total. The van der Waals surface area contributed by atoms with Gasteiger partial charge in [0.15, 0.2) is 0 Å². The Labute approximate surface area is 99.7 Å². The van der Waals surface area contributed by atoms with E-state index in [1.165, 1.54) is 0 Å². The molecular formula is C5H13CaNO3S. The van der Waals surface area contributed by atoms with Gasteiger partial charge >= 0.3 is 43.7 Å². The molecule has 0 saturated carbocycles. The molecule has 1 atom stereocenters. The molecule has 11 heavy (non-hydrogen) atoms. The number of carbonyl (C=O) groups is 1. The fourth-order valence-electron chi connectivity index (χ4n) is 0.479. The van der Waals surface area contributed by atoms with Gasteiger partial charge in [-0.25, -0.2) is 0 Å². The zero-order valence-electron chi connectivity index (χ0n) is 5.70. The Morgan fingerprint density at radius 2 is 2.27 bits per heavy atom. The molecule has 0 amide bonds. The second-order valence-corrected chi connectivity index (χ2v) is 2.79. The molecule has 0 radical (unpaired) electrons. The van der Waals surface area contributed by atoms with E-state index in [-0.39, 0.29) is 37.7 Å². The van der Waals surface area contributed by atoms with Crippen LogP contribution in [0.3, 0.4) is 0 Å². The van der Waals surface area contributed by atoms with E-state index in [0.29, 0.717) is 6.42 Å². The molecule has 6 heteroatoms. The summed E-state index contributed by atoms with van der Waals surface area (Å²) >= 11 is 1.55. The number of hydrogen-bond acceptors (Lipinski definition) is 4. The summed E-state index contributed by atoms with van der Waals surface area (Å²) in [7, 11) is 0. The van der Waals surface area contributed by atoms with Crippen molar-refractivity contribution >= 4 is 55.5 Å². The zero-order chi connectivity index (χ0) is 7.98. The molecule has 64 valence electrons. The van der Waals surface area contributed by atoms with Crippen molar-refractivity contribution < 1.29 is 15.1 Å². The van der Waals surface area contributed by atoms with Crippen molar-refractivity contribution in [1.29, 1.82) is 0 Å². The minimum atomic E-state index is -1.02. The van der Waals surface area contributed by atoms with Crippen LogP contribution in [-0.4, -0.2) is 72.1 Å². The summed E-state index contributed by atoms with van der Waals surface area (Å²) in [4.78, 5) is 10.2. The molecule has 0 aromatic carbocycles. The first-order chi connectivity index (χ1) is 4.72. The summed E-state index contributed by atoms with van der Waals surface area (Å²) in [6.07, 6.45) is 2.32. The van der Waals surface area contributed by atoms with Crippen LogP contribution in [0.2, 0.25) is 0 Å². The second kappa shape index (κ2) is 9.09. The Balaban J connectivity index is 0. The van der Waals surface area contributed by atoms with Crippen molar-refractivity contribution in [2.75, 3.05) is 12.0 Å². The summed E-state index contributed by atoms with van der Waals surface area (Å²) in [5.74, 6) is -0.290. The van der Waals surface area contributed by atoms with Gasteiger partial charge < -0.3 is 10.3 Å². The molecule has 0 spiro atoms. The first kappa shape index (κ1) is 14.5. The fraction of sp³-hybridized carbons (Fsp3) is 0.800. The van der Waals surface area contributed by atoms with Crippen molar-refractivity contribution in [3.8, 4) is 0 Å². The van der Waals surface area contributed by atoms with E-state index < -0.39 is 12.0 Å². The third kappa shape index (κ3) is 7.36. The van der Waals surface area contributed by atoms with Gasteiger partial charge in [-0.1, -0.05) is 0 Å². The molecule has 0 bridgehead atoms. The van der Waals surface area contributed by atoms with Crippen molar-refractivity contribution in [3.05, 3.63) is 0 Å². The summed E-state index contributed by atoms with van der Waals surface area (Å²) in [6.45, 7) is 0. The van der Waals surface area contributed by atoms with Gasteiger partial charge in [0.2, 0.25) is 0 Å². The molecule has 0 aromatic rings. The molecular weight excluding hydrogens is 194 g/mol. The maximum absolute atomic E-state index is 10.2. The van der Waals surface area contributed by atoms with Gasteiger partial charge in [-0.3, -0.25) is 4.79 Å². The van der Waals surface area contributed by atoms with Gasteiger partial charge in [-0.2, -0.15) is 17.2 Å². The van der Waals surface area contributed by atoms with Gasteiger partial charge in [-0.15, -0.1) is 0 Å². The van der Waals surface area contributed by atoms with E-state index in [1.807, 2.05) is 6.26 Å². The number of hydroxylamine groups is 1. The van der Waals surface area contributed by atoms with E-state index >= 15 is 0 Å². The Morgan fingerprint density at radius 3 is 2.55 bits per heavy atom. The molecule has 0 fully saturated rings. The maximum atomic E-state index is 10.2. The fourth-order valence-corrected chi connectivity index (χ4v) is 0.950. The van der Waals surface area contributed by atoms with Crippen molar-refractivity contribution in [3.63, 3.8) is 0 Å². The predicted molar refractivity (Wildman–Crippen MR) is 47.9 cm³/mol. The second-order valence-electron chi connectivity index (χ2n) is 1.80. The Morgan fingerprint density at radius 1 is 1.73 bits per heavy atom. The normalized spacial score (nSPS) is 11.8. The first-order valence-corrected chi connectivity index (χ1v) is 4.23. The third-order valence-corrected chi connectivity index (χ3v) is 1.71. The Hall–Kier alpha value is 1.000. The average molecular weight is 207 g/mol. The van der Waals surface area contributed by atoms with Crippen LogP contribution in [0.5, 0.6) is 0 Å². The van der Waals surface area contributed by atoms with E-state index in [0.717, 1.165) is 5.75 Å². The van der Waals surface area contributed by atoms with Crippen LogP contribution >= 0.6 is 11.8 Å². The van der Waals surface area contributed by atoms with Gasteiger partial charge in [0.1, 0.15) is 6.04 Å². The molecule has 0 aliphatic rings. The first-order valence-electron chi connectivity index (χ1n) is 2.83. The molecule has 1 unspecified atom stereocenters. The SMILES string of the molecule is CSCCC(NO)C(=O)O.[CaH2]. The van der Waals surface area contributed by atoms with Crippen molar-refractivity contribution in [2.45, 2.75) is 12.5 Å². The standard InChI is InChI=1S/C5H11NO3S.Ca.2H/c1-10-3-2-4(6-9)5(7)8;;;/h4,6,9H,2-3H2,1H3,(H,7,8);;;. The number of carboxylic acids is 1. The summed E-state index contributed by atoms with van der Waals surface area (Å²) < 4.78 is 0. The third-order valence-electron chi connectivity index (χ3n) is 1.06. The summed E-state index contributed by atoms with van der Waals surface area (Å²) in [6, 6.07) is -0.826. The number of thioether (sulfide) groups is 1. The van der Waals surface area contributed by atoms with E-state index in [2.05, 4.69) is 0 Å². The summed E-state index contributed by atoms with van der Waals surface area (Å²) in [5, 5.41) is 16.7. The topological polar surface area (TPSA) is 69.6 Å². The molecule has 0 saturated heterocycles. The van der Waals surface area contributed by atoms with Gasteiger partial charge in [0, 0.05) is 0 Å². The van der Waals surface area contributed by atoms with Gasteiger partial charge in [-0.05, 0) is 18.4 Å². The van der Waals surface area contributed by atoms with Crippen LogP contribution in [0.15, 0.2) is 0 Å². The molecule has 0 heterocycles. The quantitative estimate of drug-likeness (QED) is 0.409. The number of hydrogen-bond donors (Lipinski definition) is 3. The van der Waals surface area contributed by atoms with E-state index in [4.69, 9.17) is 10.3 Å². The van der Waals surface area contributed by atoms with Crippen LogP contribution in [0.25, 0.3) is 0 Å². The average Bonchev–Trinajstić information content (AvgIpc) is 1.89. The minimum absolute atomic E-state index is 0. The van der Waals surface area contributed by atoms with Gasteiger partial charge in [0.05, 0.1) is 0 Å². The van der Waals surface area contributed by atoms with Gasteiger partial charge in [0.25, 0.3) is 0 Å². The number of aliphatic carboxylic acids is 1. The van der Waals surface area contributed by atoms with Crippen LogP contribution < -0.4 is 5.48 Å². The predicted octanol–water partition coefficient (Wildman–Crippen LogP) is -0.745. The van der Waals surface area contributed by atoms with Crippen LogP contribution in [0.1, 0.15) is 6.42 Å². The Bertz CT molecular complexity index is 114. The van der Waals surface area contributed by atoms with Crippen molar-refractivity contribution in [1.82, 2.24) is 5.48 Å². The molecule has 0 aliphatic carbocycles. The molecule has 0 aliphatic heterocycles.